The molecule has 5 heteroatoms. The van der Waals surface area contributed by atoms with Gasteiger partial charge in [-0.3, -0.25) is 19.9 Å². The summed E-state index contributed by atoms with van der Waals surface area (Å²) in [6.07, 6.45) is 1.63. The van der Waals surface area contributed by atoms with Crippen LogP contribution in [0.5, 0.6) is 0 Å². The highest BCUT2D eigenvalue weighted by Gasteiger charge is 2.22. The van der Waals surface area contributed by atoms with E-state index < -0.39 is 5.92 Å². The van der Waals surface area contributed by atoms with E-state index in [1.165, 1.54) is 0 Å². The van der Waals surface area contributed by atoms with Gasteiger partial charge in [-0.25, -0.2) is 0 Å². The van der Waals surface area contributed by atoms with Crippen LogP contribution in [0.4, 0.5) is 0 Å². The van der Waals surface area contributed by atoms with Gasteiger partial charge in [0, 0.05) is 17.5 Å². The molecule has 0 spiro atoms. The fourth-order valence-corrected chi connectivity index (χ4v) is 2.16. The van der Waals surface area contributed by atoms with Gasteiger partial charge in [0.25, 0.3) is 0 Å². The number of rotatable bonds is 6. The third-order valence-corrected chi connectivity index (χ3v) is 3.30. The molecule has 0 unspecified atom stereocenters. The Morgan fingerprint density at radius 3 is 2.52 bits per heavy atom. The second-order valence-electron chi connectivity index (χ2n) is 4.97. The van der Waals surface area contributed by atoms with E-state index in [-0.39, 0.29) is 23.7 Å². The molecule has 2 aromatic rings. The monoisotopic (exact) mass is 284 g/mol. The topological polar surface area (TPSA) is 73.1 Å². The molecule has 0 amide bonds. The van der Waals surface area contributed by atoms with Crippen LogP contribution in [0.3, 0.4) is 0 Å². The van der Waals surface area contributed by atoms with Crippen LogP contribution >= 0.6 is 0 Å². The predicted octanol–water partition coefficient (Wildman–Crippen LogP) is 3.02. The molecular formula is C16H16N2O3. The van der Waals surface area contributed by atoms with Crippen molar-refractivity contribution in [1.29, 1.82) is 0 Å². The largest absolute Gasteiger partial charge is 0.292 e. The molecule has 1 atom stereocenters. The summed E-state index contributed by atoms with van der Waals surface area (Å²) in [5, 5.41) is 10.8. The summed E-state index contributed by atoms with van der Waals surface area (Å²) in [5.41, 5.74) is 2.23. The lowest BCUT2D eigenvalue weighted by molar-refractivity contribution is -0.483. The van der Waals surface area contributed by atoms with E-state index in [0.29, 0.717) is 5.69 Å². The Labute approximate surface area is 122 Å². The van der Waals surface area contributed by atoms with Crippen molar-refractivity contribution in [2.75, 3.05) is 6.54 Å². The van der Waals surface area contributed by atoms with Crippen LogP contribution in [0.15, 0.2) is 48.7 Å². The molecule has 5 nitrogen and oxygen atoms in total. The van der Waals surface area contributed by atoms with Crippen LogP contribution in [0.1, 0.15) is 34.0 Å². The average Bonchev–Trinajstić information content (AvgIpc) is 2.48. The number of benzene rings is 1. The first-order valence-corrected chi connectivity index (χ1v) is 6.69. The number of Topliss-reactive ketones (excluding diaryl/α,β-unsaturated/α-hetero) is 1. The summed E-state index contributed by atoms with van der Waals surface area (Å²) in [6, 6.07) is 12.6. The SMILES string of the molecule is Cc1ccc([C@H](CC(=O)c2ccccn2)C[N+](=O)[O-])cc1. The minimum absolute atomic E-state index is 0.0844. The van der Waals surface area contributed by atoms with E-state index in [1.807, 2.05) is 31.2 Å². The van der Waals surface area contributed by atoms with Crippen LogP contribution in [0.2, 0.25) is 0 Å². The predicted molar refractivity (Wildman–Crippen MR) is 79.0 cm³/mol. The molecule has 0 fully saturated rings. The summed E-state index contributed by atoms with van der Waals surface area (Å²) in [5.74, 6) is -0.613. The molecule has 0 bridgehead atoms. The van der Waals surface area contributed by atoms with Crippen molar-refractivity contribution in [1.82, 2.24) is 4.98 Å². The quantitative estimate of drug-likeness (QED) is 0.464. The zero-order valence-corrected chi connectivity index (χ0v) is 11.7. The summed E-state index contributed by atoms with van der Waals surface area (Å²) >= 11 is 0. The fourth-order valence-electron chi connectivity index (χ4n) is 2.16. The summed E-state index contributed by atoms with van der Waals surface area (Å²) in [7, 11) is 0. The van der Waals surface area contributed by atoms with Crippen LogP contribution in [-0.2, 0) is 0 Å². The van der Waals surface area contributed by atoms with Gasteiger partial charge in [-0.15, -0.1) is 0 Å². The van der Waals surface area contributed by atoms with Gasteiger partial charge in [0.2, 0.25) is 6.54 Å². The number of carbonyl (C=O) groups excluding carboxylic acids is 1. The maximum absolute atomic E-state index is 12.2. The molecule has 1 aromatic carbocycles. The van der Waals surface area contributed by atoms with Gasteiger partial charge in [-0.05, 0) is 24.6 Å². The second kappa shape index (κ2) is 6.74. The molecule has 1 aromatic heterocycles. The number of pyridine rings is 1. The number of aromatic nitrogens is 1. The molecule has 2 rings (SSSR count). The number of nitro groups is 1. The van der Waals surface area contributed by atoms with Crippen molar-refractivity contribution in [3.63, 3.8) is 0 Å². The van der Waals surface area contributed by atoms with Crippen molar-refractivity contribution < 1.29 is 9.72 Å². The zero-order valence-electron chi connectivity index (χ0n) is 11.7. The Bertz CT molecular complexity index is 624. The normalized spacial score (nSPS) is 11.9. The van der Waals surface area contributed by atoms with Crippen molar-refractivity contribution in [2.24, 2.45) is 0 Å². The Balaban J connectivity index is 2.18. The lowest BCUT2D eigenvalue weighted by atomic mass is 9.92. The van der Waals surface area contributed by atoms with E-state index in [9.17, 15) is 14.9 Å². The van der Waals surface area contributed by atoms with E-state index in [0.717, 1.165) is 11.1 Å². The van der Waals surface area contributed by atoms with E-state index in [4.69, 9.17) is 0 Å². The lowest BCUT2D eigenvalue weighted by Gasteiger charge is -2.12. The number of hydrogen-bond acceptors (Lipinski definition) is 4. The highest BCUT2D eigenvalue weighted by molar-refractivity contribution is 5.94. The van der Waals surface area contributed by atoms with Gasteiger partial charge >= 0.3 is 0 Å². The van der Waals surface area contributed by atoms with Gasteiger partial charge < -0.3 is 0 Å². The standard InChI is InChI=1S/C16H16N2O3/c1-12-5-7-13(8-6-12)14(11-18(20)21)10-16(19)15-4-2-3-9-17-15/h2-9,14H,10-11H2,1H3/t14-/m1/s1. The second-order valence-corrected chi connectivity index (χ2v) is 4.97. The average molecular weight is 284 g/mol. The number of aryl methyl sites for hydroxylation is 1. The highest BCUT2D eigenvalue weighted by Crippen LogP contribution is 2.22. The van der Waals surface area contributed by atoms with Crippen molar-refractivity contribution in [3.05, 3.63) is 75.6 Å². The third-order valence-electron chi connectivity index (χ3n) is 3.30. The molecule has 0 saturated heterocycles. The minimum Gasteiger partial charge on any atom is -0.292 e. The van der Waals surface area contributed by atoms with Gasteiger partial charge in [0.05, 0.1) is 5.92 Å². The molecular weight excluding hydrogens is 268 g/mol. The van der Waals surface area contributed by atoms with Crippen LogP contribution in [-0.4, -0.2) is 22.2 Å². The van der Waals surface area contributed by atoms with Crippen LogP contribution in [0, 0.1) is 17.0 Å². The maximum atomic E-state index is 12.2. The van der Waals surface area contributed by atoms with E-state index in [2.05, 4.69) is 4.98 Å². The number of carbonyl (C=O) groups is 1. The molecule has 0 saturated carbocycles. The third kappa shape index (κ3) is 4.21. The molecule has 0 N–H and O–H groups in total. The summed E-state index contributed by atoms with van der Waals surface area (Å²) in [4.78, 5) is 26.7. The first kappa shape index (κ1) is 14.8. The van der Waals surface area contributed by atoms with Gasteiger partial charge in [0.1, 0.15) is 5.69 Å². The van der Waals surface area contributed by atoms with Gasteiger partial charge in [-0.1, -0.05) is 35.9 Å². The summed E-state index contributed by atoms with van der Waals surface area (Å²) < 4.78 is 0. The first-order chi connectivity index (χ1) is 10.1. The van der Waals surface area contributed by atoms with Gasteiger partial charge in [-0.2, -0.15) is 0 Å². The van der Waals surface area contributed by atoms with E-state index >= 15 is 0 Å². The highest BCUT2D eigenvalue weighted by atomic mass is 16.6. The Morgan fingerprint density at radius 2 is 1.95 bits per heavy atom. The maximum Gasteiger partial charge on any atom is 0.211 e. The lowest BCUT2D eigenvalue weighted by Crippen LogP contribution is -2.17. The number of hydrogen-bond donors (Lipinski definition) is 0. The van der Waals surface area contributed by atoms with Crippen LogP contribution in [0.25, 0.3) is 0 Å². The Kier molecular flexibility index (Phi) is 4.77. The van der Waals surface area contributed by atoms with Crippen molar-refractivity contribution in [3.8, 4) is 0 Å². The minimum atomic E-state index is -0.435. The zero-order chi connectivity index (χ0) is 15.2. The van der Waals surface area contributed by atoms with E-state index in [1.54, 1.807) is 24.4 Å². The molecule has 0 aliphatic heterocycles. The Morgan fingerprint density at radius 1 is 1.24 bits per heavy atom. The number of ketones is 1. The smallest absolute Gasteiger partial charge is 0.211 e. The van der Waals surface area contributed by atoms with Crippen LogP contribution < -0.4 is 0 Å². The molecule has 0 aliphatic rings. The molecule has 0 aliphatic carbocycles. The molecule has 1 heterocycles. The van der Waals surface area contributed by atoms with Crippen molar-refractivity contribution in [2.45, 2.75) is 19.3 Å². The molecule has 21 heavy (non-hydrogen) atoms. The molecule has 0 radical (unpaired) electrons. The molecule has 108 valence electrons. The van der Waals surface area contributed by atoms with Gasteiger partial charge in [0.15, 0.2) is 5.78 Å². The summed E-state index contributed by atoms with van der Waals surface area (Å²) in [6.45, 7) is 1.69. The fraction of sp³-hybridized carbons (Fsp3) is 0.250. The van der Waals surface area contributed by atoms with Crippen molar-refractivity contribution >= 4 is 5.78 Å². The first-order valence-electron chi connectivity index (χ1n) is 6.69. The number of nitrogens with zero attached hydrogens (tertiary/aromatic N) is 2. The Hall–Kier alpha value is -2.56.